The highest BCUT2D eigenvalue weighted by Gasteiger charge is 2.24. The monoisotopic (exact) mass is 859 g/mol. The third-order valence-corrected chi connectivity index (χ3v) is 14.7. The minimum Gasteiger partial charge on any atom is -0.455 e. The molecule has 10 aromatic carbocycles. The molecule has 7 heteroatoms. The summed E-state index contributed by atoms with van der Waals surface area (Å²) in [5.41, 5.74) is 8.49. The van der Waals surface area contributed by atoms with Gasteiger partial charge in [0, 0.05) is 63.7 Å². The van der Waals surface area contributed by atoms with Gasteiger partial charge in [0.15, 0.2) is 11.6 Å². The number of hydrogen-bond acceptors (Lipinski definition) is 5. The number of aromatic nitrogens is 5. The fourth-order valence-electron chi connectivity index (χ4n) is 10.6. The molecule has 0 atom stereocenters. The first-order chi connectivity index (χ1) is 32.7. The SMILES string of the molecule is c1ccc2cc3c(cc2c1)c1ccccc1n3-c1cc(-c2nc(-c3ccc4sc5ccccc5c4c3)nc(-n3c4ccccc4c4ccccc43)n2)c2oc3ccc4ccccc4c3c2c1. The van der Waals surface area contributed by atoms with Crippen molar-refractivity contribution in [3.8, 4) is 34.4 Å². The molecule has 0 spiro atoms. The fourth-order valence-corrected chi connectivity index (χ4v) is 11.7. The Hall–Kier alpha value is -8.65. The van der Waals surface area contributed by atoms with E-state index in [0.717, 1.165) is 82.4 Å². The summed E-state index contributed by atoms with van der Waals surface area (Å²) < 4.78 is 14.1. The molecule has 306 valence electrons. The first-order valence-corrected chi connectivity index (χ1v) is 23.0. The Morgan fingerprint density at radius 2 is 0.985 bits per heavy atom. The summed E-state index contributed by atoms with van der Waals surface area (Å²) in [6.07, 6.45) is 0. The zero-order chi connectivity index (χ0) is 43.0. The molecule has 0 amide bonds. The molecular formula is C59H33N5OS. The number of furan rings is 1. The van der Waals surface area contributed by atoms with Crippen LogP contribution in [0, 0.1) is 0 Å². The maximum Gasteiger partial charge on any atom is 0.238 e. The van der Waals surface area contributed by atoms with Crippen molar-refractivity contribution in [1.29, 1.82) is 0 Å². The lowest BCUT2D eigenvalue weighted by Crippen LogP contribution is -2.07. The summed E-state index contributed by atoms with van der Waals surface area (Å²) in [7, 11) is 0. The Balaban J connectivity index is 1.08. The minimum absolute atomic E-state index is 0.522. The Morgan fingerprint density at radius 1 is 0.379 bits per heavy atom. The molecule has 0 saturated heterocycles. The average Bonchev–Trinajstić information content (AvgIpc) is 4.13. The van der Waals surface area contributed by atoms with E-state index in [1.807, 2.05) is 0 Å². The van der Waals surface area contributed by atoms with Crippen LogP contribution in [-0.4, -0.2) is 24.1 Å². The van der Waals surface area contributed by atoms with Crippen LogP contribution in [0.3, 0.4) is 0 Å². The summed E-state index contributed by atoms with van der Waals surface area (Å²) >= 11 is 1.80. The van der Waals surface area contributed by atoms with Crippen LogP contribution in [-0.2, 0) is 0 Å². The summed E-state index contributed by atoms with van der Waals surface area (Å²) in [6.45, 7) is 0. The third-order valence-electron chi connectivity index (χ3n) is 13.5. The van der Waals surface area contributed by atoms with Crippen molar-refractivity contribution in [2.75, 3.05) is 0 Å². The number of thiophene rings is 1. The van der Waals surface area contributed by atoms with Crippen LogP contribution in [0.5, 0.6) is 0 Å². The second kappa shape index (κ2) is 13.4. The van der Waals surface area contributed by atoms with E-state index >= 15 is 0 Å². The summed E-state index contributed by atoms with van der Waals surface area (Å²) in [4.78, 5) is 16.4. The van der Waals surface area contributed by atoms with Crippen molar-refractivity contribution in [1.82, 2.24) is 24.1 Å². The normalized spacial score (nSPS) is 12.2. The van der Waals surface area contributed by atoms with Gasteiger partial charge in [-0.2, -0.15) is 9.97 Å². The molecule has 0 bridgehead atoms. The van der Waals surface area contributed by atoms with E-state index in [1.54, 1.807) is 11.3 Å². The zero-order valence-corrected chi connectivity index (χ0v) is 35.9. The smallest absolute Gasteiger partial charge is 0.238 e. The van der Waals surface area contributed by atoms with Crippen LogP contribution in [0.4, 0.5) is 0 Å². The van der Waals surface area contributed by atoms with Crippen LogP contribution in [0.15, 0.2) is 205 Å². The first-order valence-electron chi connectivity index (χ1n) is 22.2. The van der Waals surface area contributed by atoms with Gasteiger partial charge in [-0.05, 0) is 94.3 Å². The molecule has 0 aliphatic carbocycles. The van der Waals surface area contributed by atoms with E-state index < -0.39 is 0 Å². The first kappa shape index (κ1) is 35.8. The topological polar surface area (TPSA) is 61.7 Å². The van der Waals surface area contributed by atoms with Crippen LogP contribution in [0.2, 0.25) is 0 Å². The lowest BCUT2D eigenvalue weighted by atomic mass is 10.0. The molecule has 15 aromatic rings. The van der Waals surface area contributed by atoms with E-state index in [2.05, 4.69) is 209 Å². The second-order valence-electron chi connectivity index (χ2n) is 17.2. The fraction of sp³-hybridized carbons (Fsp3) is 0. The standard InChI is InChI=1S/C59H33N5OS/c1-2-15-36-31-51-44(29-35(36)14-1)42-19-7-9-21-48(42)63(51)38-32-46-55-39-16-4-3-13-34(39)25-27-52(55)65-56(46)47(33-38)58-60-57(37-26-28-54-45(30-37)43-20-8-12-24-53(43)66-54)61-59(62-58)64-49-22-10-5-17-40(49)41-18-6-11-23-50(41)64/h1-33H. The van der Waals surface area contributed by atoms with Crippen molar-refractivity contribution >= 4 is 119 Å². The van der Waals surface area contributed by atoms with Crippen molar-refractivity contribution in [3.05, 3.63) is 200 Å². The summed E-state index contributed by atoms with van der Waals surface area (Å²) in [5, 5.41) is 13.8. The molecule has 0 fully saturated rings. The number of benzene rings is 10. The molecule has 0 unspecified atom stereocenters. The molecule has 0 N–H and O–H groups in total. The van der Waals surface area contributed by atoms with Gasteiger partial charge in [-0.1, -0.05) is 127 Å². The van der Waals surface area contributed by atoms with Gasteiger partial charge in [0.25, 0.3) is 0 Å². The largest absolute Gasteiger partial charge is 0.455 e. The quantitative estimate of drug-likeness (QED) is 0.177. The van der Waals surface area contributed by atoms with Crippen LogP contribution < -0.4 is 0 Å². The lowest BCUT2D eigenvalue weighted by Gasteiger charge is -2.14. The molecule has 0 radical (unpaired) electrons. The Morgan fingerprint density at radius 3 is 1.76 bits per heavy atom. The van der Waals surface area contributed by atoms with E-state index in [-0.39, 0.29) is 0 Å². The number of rotatable bonds is 4. The van der Waals surface area contributed by atoms with Crippen LogP contribution in [0.25, 0.3) is 142 Å². The van der Waals surface area contributed by atoms with Crippen LogP contribution in [0.1, 0.15) is 0 Å². The maximum atomic E-state index is 7.05. The van der Waals surface area contributed by atoms with Gasteiger partial charge in [0.2, 0.25) is 5.95 Å². The van der Waals surface area contributed by atoms with Gasteiger partial charge < -0.3 is 8.98 Å². The highest BCUT2D eigenvalue weighted by molar-refractivity contribution is 7.25. The molecule has 5 aromatic heterocycles. The molecule has 0 saturated carbocycles. The van der Waals surface area contributed by atoms with Crippen molar-refractivity contribution < 1.29 is 4.42 Å². The summed E-state index contributed by atoms with van der Waals surface area (Å²) in [5.74, 6) is 1.64. The Labute approximate surface area is 379 Å². The molecule has 66 heavy (non-hydrogen) atoms. The molecule has 5 heterocycles. The Kier molecular flexibility index (Phi) is 7.28. The predicted molar refractivity (Wildman–Crippen MR) is 275 cm³/mol. The average molecular weight is 860 g/mol. The lowest BCUT2D eigenvalue weighted by molar-refractivity contribution is 0.669. The number of fused-ring (bicyclic) bond motifs is 15. The summed E-state index contributed by atoms with van der Waals surface area (Å²) in [6, 6.07) is 71.5. The van der Waals surface area contributed by atoms with Crippen molar-refractivity contribution in [2.45, 2.75) is 0 Å². The minimum atomic E-state index is 0.522. The van der Waals surface area contributed by atoms with Crippen LogP contribution >= 0.6 is 11.3 Å². The van der Waals surface area contributed by atoms with Gasteiger partial charge in [-0.15, -0.1) is 11.3 Å². The number of nitrogens with zero attached hydrogens (tertiary/aromatic N) is 5. The highest BCUT2D eigenvalue weighted by atomic mass is 32.1. The van der Waals surface area contributed by atoms with Crippen molar-refractivity contribution in [3.63, 3.8) is 0 Å². The molecular weight excluding hydrogens is 827 g/mol. The van der Waals surface area contributed by atoms with E-state index in [0.29, 0.717) is 17.6 Å². The van der Waals surface area contributed by atoms with Gasteiger partial charge in [0.1, 0.15) is 11.2 Å². The number of para-hydroxylation sites is 3. The van der Waals surface area contributed by atoms with E-state index in [4.69, 9.17) is 19.4 Å². The molecule has 15 rings (SSSR count). The van der Waals surface area contributed by atoms with Gasteiger partial charge in [-0.25, -0.2) is 4.98 Å². The van der Waals surface area contributed by atoms with E-state index in [1.165, 1.54) is 41.7 Å². The molecule has 0 aliphatic rings. The highest BCUT2D eigenvalue weighted by Crippen LogP contribution is 2.44. The maximum absolute atomic E-state index is 7.05. The zero-order valence-electron chi connectivity index (χ0n) is 35.1. The van der Waals surface area contributed by atoms with Gasteiger partial charge >= 0.3 is 0 Å². The number of hydrogen-bond donors (Lipinski definition) is 0. The predicted octanol–water partition coefficient (Wildman–Crippen LogP) is 16.0. The third kappa shape index (κ3) is 5.08. The second-order valence-corrected chi connectivity index (χ2v) is 18.2. The van der Waals surface area contributed by atoms with Gasteiger partial charge in [0.05, 0.1) is 27.6 Å². The molecule has 6 nitrogen and oxygen atoms in total. The van der Waals surface area contributed by atoms with E-state index in [9.17, 15) is 0 Å². The van der Waals surface area contributed by atoms with Gasteiger partial charge in [-0.3, -0.25) is 4.57 Å². The Bertz CT molecular complexity index is 4500. The van der Waals surface area contributed by atoms with Crippen molar-refractivity contribution in [2.24, 2.45) is 0 Å². The molecule has 0 aliphatic heterocycles.